The van der Waals surface area contributed by atoms with Crippen molar-refractivity contribution in [2.24, 2.45) is 0 Å². The molecule has 1 fully saturated rings. The summed E-state index contributed by atoms with van der Waals surface area (Å²) in [7, 11) is 0. The monoisotopic (exact) mass is 295 g/mol. The van der Waals surface area contributed by atoms with E-state index in [0.29, 0.717) is 0 Å². The van der Waals surface area contributed by atoms with E-state index in [1.54, 1.807) is 20.8 Å². The Kier molecular flexibility index (Phi) is 4.90. The molecule has 1 aliphatic carbocycles. The normalized spacial score (nSPS) is 21.9. The minimum Gasteiger partial charge on any atom is -0.480 e. The SMILES string of the molecule is CC(C)(C)OC(=O)NC(CCOC1CC1(F)F)C(=O)O. The fourth-order valence-corrected chi connectivity index (χ4v) is 1.40. The number of hydrogen-bond donors (Lipinski definition) is 2. The maximum Gasteiger partial charge on any atom is 0.408 e. The number of rotatable bonds is 6. The van der Waals surface area contributed by atoms with Gasteiger partial charge in [-0.1, -0.05) is 0 Å². The van der Waals surface area contributed by atoms with E-state index in [0.717, 1.165) is 0 Å². The van der Waals surface area contributed by atoms with Gasteiger partial charge in [-0.3, -0.25) is 0 Å². The van der Waals surface area contributed by atoms with Gasteiger partial charge in [0.25, 0.3) is 5.92 Å². The molecule has 20 heavy (non-hydrogen) atoms. The predicted molar refractivity (Wildman–Crippen MR) is 64.7 cm³/mol. The van der Waals surface area contributed by atoms with Crippen molar-refractivity contribution in [2.45, 2.75) is 57.3 Å². The Hall–Kier alpha value is -1.44. The molecule has 1 rings (SSSR count). The third-order valence-electron chi connectivity index (χ3n) is 2.48. The fourth-order valence-electron chi connectivity index (χ4n) is 1.40. The first-order valence-electron chi connectivity index (χ1n) is 6.23. The van der Waals surface area contributed by atoms with Crippen LogP contribution in [0.25, 0.3) is 0 Å². The number of halogens is 2. The summed E-state index contributed by atoms with van der Waals surface area (Å²) in [6.07, 6.45) is -2.47. The summed E-state index contributed by atoms with van der Waals surface area (Å²) in [5.41, 5.74) is -0.750. The van der Waals surface area contributed by atoms with E-state index >= 15 is 0 Å². The number of hydrogen-bond acceptors (Lipinski definition) is 4. The standard InChI is InChI=1S/C12H19F2NO5/c1-11(2,3)20-10(18)15-7(9(16)17)4-5-19-8-6-12(8,13)14/h7-8H,4-6H2,1-3H3,(H,15,18)(H,16,17). The zero-order valence-corrected chi connectivity index (χ0v) is 11.6. The summed E-state index contributed by atoms with van der Waals surface area (Å²) < 4.78 is 34.8. The van der Waals surface area contributed by atoms with Crippen LogP contribution >= 0.6 is 0 Å². The van der Waals surface area contributed by atoms with Crippen molar-refractivity contribution >= 4 is 12.1 Å². The van der Waals surface area contributed by atoms with Crippen LogP contribution < -0.4 is 5.32 Å². The first kappa shape index (κ1) is 16.6. The summed E-state index contributed by atoms with van der Waals surface area (Å²) in [5, 5.41) is 11.1. The van der Waals surface area contributed by atoms with Gasteiger partial charge in [0.15, 0.2) is 0 Å². The molecule has 0 aromatic heterocycles. The van der Waals surface area contributed by atoms with Crippen molar-refractivity contribution in [3.05, 3.63) is 0 Å². The van der Waals surface area contributed by atoms with Gasteiger partial charge in [0.1, 0.15) is 17.7 Å². The second kappa shape index (κ2) is 5.90. The predicted octanol–water partition coefficient (Wildman–Crippen LogP) is 1.78. The molecule has 1 amide bonds. The van der Waals surface area contributed by atoms with Gasteiger partial charge in [-0.2, -0.15) is 0 Å². The number of carbonyl (C=O) groups excluding carboxylic acids is 1. The van der Waals surface area contributed by atoms with Crippen LogP contribution in [0.4, 0.5) is 13.6 Å². The van der Waals surface area contributed by atoms with E-state index < -0.39 is 35.7 Å². The molecule has 0 aliphatic heterocycles. The smallest absolute Gasteiger partial charge is 0.408 e. The molecule has 0 heterocycles. The van der Waals surface area contributed by atoms with Gasteiger partial charge in [0.2, 0.25) is 0 Å². The molecule has 6 nitrogen and oxygen atoms in total. The molecule has 0 aromatic rings. The minimum absolute atomic E-state index is 0.110. The van der Waals surface area contributed by atoms with E-state index in [4.69, 9.17) is 14.6 Å². The number of amides is 1. The second-order valence-electron chi connectivity index (χ2n) is 5.65. The quantitative estimate of drug-likeness (QED) is 0.780. The average Bonchev–Trinajstić information content (AvgIpc) is 2.81. The highest BCUT2D eigenvalue weighted by atomic mass is 19.3. The number of carboxylic acids is 1. The van der Waals surface area contributed by atoms with Crippen LogP contribution in [0.5, 0.6) is 0 Å². The summed E-state index contributed by atoms with van der Waals surface area (Å²) in [4.78, 5) is 22.4. The number of aliphatic carboxylic acids is 1. The van der Waals surface area contributed by atoms with Gasteiger partial charge in [-0.25, -0.2) is 18.4 Å². The van der Waals surface area contributed by atoms with Crippen LogP contribution in [0.3, 0.4) is 0 Å². The molecule has 0 spiro atoms. The molecule has 0 bridgehead atoms. The Morgan fingerprint density at radius 3 is 2.40 bits per heavy atom. The highest BCUT2D eigenvalue weighted by Crippen LogP contribution is 2.44. The van der Waals surface area contributed by atoms with Crippen LogP contribution in [-0.2, 0) is 14.3 Å². The fraction of sp³-hybridized carbons (Fsp3) is 0.833. The zero-order valence-electron chi connectivity index (χ0n) is 11.6. The maximum atomic E-state index is 12.5. The Morgan fingerprint density at radius 2 is 2.00 bits per heavy atom. The maximum absolute atomic E-state index is 12.5. The van der Waals surface area contributed by atoms with Crippen LogP contribution in [0.2, 0.25) is 0 Å². The van der Waals surface area contributed by atoms with Crippen molar-refractivity contribution in [1.29, 1.82) is 0 Å². The van der Waals surface area contributed by atoms with Crippen LogP contribution in [0, 0.1) is 0 Å². The van der Waals surface area contributed by atoms with E-state index in [-0.39, 0.29) is 19.4 Å². The molecular weight excluding hydrogens is 276 g/mol. The third kappa shape index (κ3) is 5.68. The molecule has 1 aliphatic rings. The zero-order chi connectivity index (χ0) is 15.6. The molecule has 0 aromatic carbocycles. The lowest BCUT2D eigenvalue weighted by Gasteiger charge is -2.22. The van der Waals surface area contributed by atoms with E-state index in [2.05, 4.69) is 5.32 Å². The van der Waals surface area contributed by atoms with Crippen molar-refractivity contribution in [3.63, 3.8) is 0 Å². The van der Waals surface area contributed by atoms with E-state index in [1.807, 2.05) is 0 Å². The topological polar surface area (TPSA) is 84.9 Å². The van der Waals surface area contributed by atoms with Gasteiger partial charge in [0, 0.05) is 19.4 Å². The molecular formula is C12H19F2NO5. The molecule has 8 heteroatoms. The summed E-state index contributed by atoms with van der Waals surface area (Å²) in [6, 6.07) is -1.24. The number of alkyl halides is 2. The second-order valence-corrected chi connectivity index (χ2v) is 5.65. The van der Waals surface area contributed by atoms with Crippen molar-refractivity contribution in [3.8, 4) is 0 Å². The first-order chi connectivity index (χ1) is 9.01. The Morgan fingerprint density at radius 1 is 1.45 bits per heavy atom. The molecule has 1 saturated carbocycles. The van der Waals surface area contributed by atoms with E-state index in [1.165, 1.54) is 0 Å². The van der Waals surface area contributed by atoms with Crippen molar-refractivity contribution in [2.75, 3.05) is 6.61 Å². The Labute approximate surface area is 115 Å². The van der Waals surface area contributed by atoms with Crippen LogP contribution in [-0.4, -0.2) is 47.4 Å². The molecule has 116 valence electrons. The Bertz CT molecular complexity index is 381. The number of ether oxygens (including phenoxy) is 2. The lowest BCUT2D eigenvalue weighted by Crippen LogP contribution is -2.44. The highest BCUT2D eigenvalue weighted by Gasteiger charge is 2.58. The molecule has 0 radical (unpaired) electrons. The summed E-state index contributed by atoms with van der Waals surface area (Å²) in [5.74, 6) is -4.08. The molecule has 2 unspecified atom stereocenters. The first-order valence-corrected chi connectivity index (χ1v) is 6.23. The lowest BCUT2D eigenvalue weighted by atomic mass is 10.2. The van der Waals surface area contributed by atoms with Crippen LogP contribution in [0.1, 0.15) is 33.6 Å². The van der Waals surface area contributed by atoms with Gasteiger partial charge in [-0.15, -0.1) is 0 Å². The highest BCUT2D eigenvalue weighted by molar-refractivity contribution is 5.79. The number of alkyl carbamates (subject to hydrolysis) is 1. The van der Waals surface area contributed by atoms with E-state index in [9.17, 15) is 18.4 Å². The molecule has 0 saturated heterocycles. The average molecular weight is 295 g/mol. The largest absolute Gasteiger partial charge is 0.480 e. The van der Waals surface area contributed by atoms with Crippen molar-refractivity contribution in [1.82, 2.24) is 5.32 Å². The minimum atomic E-state index is -2.81. The van der Waals surface area contributed by atoms with Gasteiger partial charge < -0.3 is 19.9 Å². The van der Waals surface area contributed by atoms with Crippen LogP contribution in [0.15, 0.2) is 0 Å². The Balaban J connectivity index is 2.33. The molecule has 2 atom stereocenters. The number of nitrogens with one attached hydrogen (secondary N) is 1. The third-order valence-corrected chi connectivity index (χ3v) is 2.48. The van der Waals surface area contributed by atoms with Gasteiger partial charge in [0.05, 0.1) is 0 Å². The van der Waals surface area contributed by atoms with Gasteiger partial charge in [-0.05, 0) is 20.8 Å². The van der Waals surface area contributed by atoms with Crippen molar-refractivity contribution < 1.29 is 33.0 Å². The van der Waals surface area contributed by atoms with Gasteiger partial charge >= 0.3 is 12.1 Å². The number of carbonyl (C=O) groups is 2. The summed E-state index contributed by atoms with van der Waals surface area (Å²) in [6.45, 7) is 4.74. The lowest BCUT2D eigenvalue weighted by molar-refractivity contribution is -0.140. The number of carboxylic acid groups (broad SMARTS) is 1. The summed E-state index contributed by atoms with van der Waals surface area (Å²) >= 11 is 0. The molecule has 2 N–H and O–H groups in total.